The average molecular weight is 239 g/mol. The molecule has 2 nitrogen and oxygen atoms in total. The zero-order valence-electron chi connectivity index (χ0n) is 10.7. The number of methoxy groups -OCH3 is 1. The number of aryl methyl sites for hydroxylation is 1. The summed E-state index contributed by atoms with van der Waals surface area (Å²) in [5.74, 6) is 0.927. The molecule has 2 aromatic carbocycles. The lowest BCUT2D eigenvalue weighted by Gasteiger charge is -2.15. The van der Waals surface area contributed by atoms with Gasteiger partial charge in [0, 0.05) is 6.54 Å². The molecule has 1 aliphatic rings. The number of hydrogen-bond donors (Lipinski definition) is 1. The number of nitrogens with one attached hydrogen (secondary N) is 1. The molecule has 0 bridgehead atoms. The third-order valence-electron chi connectivity index (χ3n) is 3.66. The number of hydrogen-bond acceptors (Lipinski definition) is 2. The summed E-state index contributed by atoms with van der Waals surface area (Å²) < 4.78 is 5.33. The lowest BCUT2D eigenvalue weighted by molar-refractivity contribution is 0.414. The number of rotatable bonds is 2. The topological polar surface area (TPSA) is 21.3 Å². The Bertz CT molecular complexity index is 577. The standard InChI is InChI=1S/C16H17NO/c1-11-5-3-4-6-14(11)16-15-9-13(18-2)8-7-12(15)10-17-16/h3-9,16-17H,10H2,1-2H3. The summed E-state index contributed by atoms with van der Waals surface area (Å²) in [6, 6.07) is 15.2. The molecule has 2 heteroatoms. The van der Waals surface area contributed by atoms with Crippen molar-refractivity contribution in [1.82, 2.24) is 5.32 Å². The first-order valence-corrected chi connectivity index (χ1v) is 6.25. The Morgan fingerprint density at radius 3 is 2.72 bits per heavy atom. The van der Waals surface area contributed by atoms with E-state index in [-0.39, 0.29) is 6.04 Å². The first-order valence-electron chi connectivity index (χ1n) is 6.25. The van der Waals surface area contributed by atoms with E-state index in [1.165, 1.54) is 22.3 Å². The largest absolute Gasteiger partial charge is 0.497 e. The Labute approximate surface area is 108 Å². The fraction of sp³-hybridized carbons (Fsp3) is 0.250. The van der Waals surface area contributed by atoms with E-state index in [9.17, 15) is 0 Å². The van der Waals surface area contributed by atoms with Gasteiger partial charge in [0.2, 0.25) is 0 Å². The molecule has 0 aromatic heterocycles. The van der Waals surface area contributed by atoms with E-state index in [0.29, 0.717) is 0 Å². The van der Waals surface area contributed by atoms with Gasteiger partial charge in [-0.3, -0.25) is 0 Å². The maximum Gasteiger partial charge on any atom is 0.119 e. The number of ether oxygens (including phenoxy) is 1. The molecule has 0 saturated heterocycles. The predicted molar refractivity (Wildman–Crippen MR) is 72.9 cm³/mol. The van der Waals surface area contributed by atoms with Crippen LogP contribution >= 0.6 is 0 Å². The van der Waals surface area contributed by atoms with Crippen molar-refractivity contribution >= 4 is 0 Å². The van der Waals surface area contributed by atoms with Crippen molar-refractivity contribution in [3.05, 3.63) is 64.7 Å². The van der Waals surface area contributed by atoms with Gasteiger partial charge in [0.1, 0.15) is 5.75 Å². The molecule has 2 aromatic rings. The van der Waals surface area contributed by atoms with Crippen LogP contribution in [0.1, 0.15) is 28.3 Å². The van der Waals surface area contributed by atoms with Gasteiger partial charge in [-0.15, -0.1) is 0 Å². The summed E-state index contributed by atoms with van der Waals surface area (Å²) in [5, 5.41) is 3.57. The van der Waals surface area contributed by atoms with Gasteiger partial charge in [-0.2, -0.15) is 0 Å². The number of fused-ring (bicyclic) bond motifs is 1. The van der Waals surface area contributed by atoms with Crippen molar-refractivity contribution < 1.29 is 4.74 Å². The van der Waals surface area contributed by atoms with Crippen molar-refractivity contribution in [1.29, 1.82) is 0 Å². The van der Waals surface area contributed by atoms with E-state index in [0.717, 1.165) is 12.3 Å². The highest BCUT2D eigenvalue weighted by Gasteiger charge is 2.24. The van der Waals surface area contributed by atoms with Crippen LogP contribution in [-0.4, -0.2) is 7.11 Å². The molecule has 0 saturated carbocycles. The summed E-state index contributed by atoms with van der Waals surface area (Å²) in [6.45, 7) is 3.09. The van der Waals surface area contributed by atoms with Crippen LogP contribution in [0.15, 0.2) is 42.5 Å². The third kappa shape index (κ3) is 1.79. The van der Waals surface area contributed by atoms with Gasteiger partial charge in [0.05, 0.1) is 13.2 Å². The van der Waals surface area contributed by atoms with Crippen molar-refractivity contribution in [3.8, 4) is 5.75 Å². The maximum atomic E-state index is 5.33. The van der Waals surface area contributed by atoms with Crippen molar-refractivity contribution in [2.45, 2.75) is 19.5 Å². The second-order valence-electron chi connectivity index (χ2n) is 4.74. The highest BCUT2D eigenvalue weighted by Crippen LogP contribution is 2.34. The molecule has 1 heterocycles. The fourth-order valence-corrected chi connectivity index (χ4v) is 2.64. The molecule has 0 amide bonds. The van der Waals surface area contributed by atoms with Gasteiger partial charge in [-0.05, 0) is 41.3 Å². The van der Waals surface area contributed by atoms with Crippen molar-refractivity contribution in [2.24, 2.45) is 0 Å². The van der Waals surface area contributed by atoms with Crippen LogP contribution in [0.5, 0.6) is 5.75 Å². The van der Waals surface area contributed by atoms with Crippen molar-refractivity contribution in [2.75, 3.05) is 7.11 Å². The van der Waals surface area contributed by atoms with Crippen molar-refractivity contribution in [3.63, 3.8) is 0 Å². The monoisotopic (exact) mass is 239 g/mol. The first kappa shape index (κ1) is 11.3. The molecule has 1 unspecified atom stereocenters. The van der Waals surface area contributed by atoms with Gasteiger partial charge < -0.3 is 10.1 Å². The average Bonchev–Trinajstić information content (AvgIpc) is 2.82. The summed E-state index contributed by atoms with van der Waals surface area (Å²) >= 11 is 0. The Morgan fingerprint density at radius 1 is 1.11 bits per heavy atom. The third-order valence-corrected chi connectivity index (χ3v) is 3.66. The van der Waals surface area contributed by atoms with E-state index in [4.69, 9.17) is 4.74 Å². The van der Waals surface area contributed by atoms with Crippen LogP contribution in [0.3, 0.4) is 0 Å². The molecule has 0 aliphatic carbocycles. The smallest absolute Gasteiger partial charge is 0.119 e. The van der Waals surface area contributed by atoms with E-state index in [2.05, 4.69) is 48.6 Å². The molecule has 0 radical (unpaired) electrons. The number of benzene rings is 2. The minimum Gasteiger partial charge on any atom is -0.497 e. The normalized spacial score (nSPS) is 17.6. The molecule has 1 atom stereocenters. The van der Waals surface area contributed by atoms with E-state index in [1.54, 1.807) is 7.11 Å². The Morgan fingerprint density at radius 2 is 1.94 bits per heavy atom. The van der Waals surface area contributed by atoms with Gasteiger partial charge in [-0.25, -0.2) is 0 Å². The van der Waals surface area contributed by atoms with Crippen LogP contribution in [0.25, 0.3) is 0 Å². The minimum absolute atomic E-state index is 0.288. The molecule has 0 fully saturated rings. The Hall–Kier alpha value is -1.80. The second kappa shape index (κ2) is 4.46. The van der Waals surface area contributed by atoms with Crippen LogP contribution in [0.4, 0.5) is 0 Å². The lowest BCUT2D eigenvalue weighted by Crippen LogP contribution is -2.14. The lowest BCUT2D eigenvalue weighted by atomic mass is 9.95. The molecule has 1 N–H and O–H groups in total. The van der Waals surface area contributed by atoms with E-state index < -0.39 is 0 Å². The van der Waals surface area contributed by atoms with Crippen LogP contribution in [0, 0.1) is 6.92 Å². The van der Waals surface area contributed by atoms with Gasteiger partial charge in [-0.1, -0.05) is 30.3 Å². The maximum absolute atomic E-state index is 5.33. The highest BCUT2D eigenvalue weighted by molar-refractivity contribution is 5.46. The second-order valence-corrected chi connectivity index (χ2v) is 4.74. The summed E-state index contributed by atoms with van der Waals surface area (Å²) in [5.41, 5.74) is 5.38. The van der Waals surface area contributed by atoms with Crippen LogP contribution in [-0.2, 0) is 6.54 Å². The molecule has 3 rings (SSSR count). The summed E-state index contributed by atoms with van der Waals surface area (Å²) in [4.78, 5) is 0. The summed E-state index contributed by atoms with van der Waals surface area (Å²) in [7, 11) is 1.72. The molecule has 1 aliphatic heterocycles. The Balaban J connectivity index is 2.06. The highest BCUT2D eigenvalue weighted by atomic mass is 16.5. The van der Waals surface area contributed by atoms with Gasteiger partial charge >= 0.3 is 0 Å². The molecule has 92 valence electrons. The van der Waals surface area contributed by atoms with Crippen LogP contribution in [0.2, 0.25) is 0 Å². The van der Waals surface area contributed by atoms with E-state index >= 15 is 0 Å². The fourth-order valence-electron chi connectivity index (χ4n) is 2.64. The molecule has 18 heavy (non-hydrogen) atoms. The zero-order chi connectivity index (χ0) is 12.5. The Kier molecular flexibility index (Phi) is 2.80. The summed E-state index contributed by atoms with van der Waals surface area (Å²) in [6.07, 6.45) is 0. The minimum atomic E-state index is 0.288. The molecular formula is C16H17NO. The first-order chi connectivity index (χ1) is 8.79. The SMILES string of the molecule is COc1ccc2c(c1)C(c1ccccc1C)NC2. The quantitative estimate of drug-likeness (QED) is 0.869. The zero-order valence-corrected chi connectivity index (χ0v) is 10.7. The van der Waals surface area contributed by atoms with Crippen LogP contribution < -0.4 is 10.1 Å². The predicted octanol–water partition coefficient (Wildman–Crippen LogP) is 3.20. The van der Waals surface area contributed by atoms with Gasteiger partial charge in [0.15, 0.2) is 0 Å². The molecular weight excluding hydrogens is 222 g/mol. The van der Waals surface area contributed by atoms with Gasteiger partial charge in [0.25, 0.3) is 0 Å². The molecule has 0 spiro atoms. The van der Waals surface area contributed by atoms with E-state index in [1.807, 2.05) is 6.07 Å².